The summed E-state index contributed by atoms with van der Waals surface area (Å²) in [6.45, 7) is 0.106. The number of benzene rings is 4. The number of rotatable bonds is 11. The second-order valence-corrected chi connectivity index (χ2v) is 11.2. The Balaban J connectivity index is 0.955. The average molecular weight is 620 g/mol. The summed E-state index contributed by atoms with van der Waals surface area (Å²) in [4.78, 5) is 49.8. The number of nitrogens with one attached hydrogen (secondary N) is 3. The van der Waals surface area contributed by atoms with Gasteiger partial charge < -0.3 is 30.5 Å². The first-order valence-electron chi connectivity index (χ1n) is 15.1. The summed E-state index contributed by atoms with van der Waals surface area (Å²) in [5, 5.41) is 17.7. The molecule has 234 valence electrons. The van der Waals surface area contributed by atoms with Crippen LogP contribution in [0.15, 0.2) is 97.1 Å². The van der Waals surface area contributed by atoms with Crippen LogP contribution in [0.4, 0.5) is 4.79 Å². The van der Waals surface area contributed by atoms with Crippen LogP contribution >= 0.6 is 0 Å². The Labute approximate surface area is 265 Å². The van der Waals surface area contributed by atoms with E-state index < -0.39 is 30.1 Å². The molecular weight excluding hydrogens is 586 g/mol. The van der Waals surface area contributed by atoms with E-state index in [4.69, 9.17) is 9.47 Å². The summed E-state index contributed by atoms with van der Waals surface area (Å²) in [6, 6.07) is 29.1. The maximum absolute atomic E-state index is 12.8. The minimum Gasteiger partial charge on any atom is -0.480 e. The van der Waals surface area contributed by atoms with Crippen LogP contribution in [0.1, 0.15) is 53.5 Å². The number of fused-ring (bicyclic) bond motifs is 5. The topological polar surface area (TPSA) is 143 Å². The average Bonchev–Trinajstić information content (AvgIpc) is 3.39. The van der Waals surface area contributed by atoms with Crippen LogP contribution in [0.2, 0.25) is 0 Å². The number of aliphatic carboxylic acids is 1. The molecule has 0 fully saturated rings. The fourth-order valence-electron chi connectivity index (χ4n) is 6.02. The minimum atomic E-state index is -1.32. The molecule has 3 amide bonds. The third-order valence-corrected chi connectivity index (χ3v) is 8.25. The summed E-state index contributed by atoms with van der Waals surface area (Å²) in [7, 11) is 0. The molecule has 6 rings (SSSR count). The molecule has 4 N–H and O–H groups in total. The Bertz CT molecular complexity index is 1700. The largest absolute Gasteiger partial charge is 0.480 e. The van der Waals surface area contributed by atoms with Gasteiger partial charge in [-0.1, -0.05) is 84.9 Å². The molecule has 0 unspecified atom stereocenters. The van der Waals surface area contributed by atoms with Crippen molar-refractivity contribution in [3.8, 4) is 22.6 Å². The lowest BCUT2D eigenvalue weighted by Crippen LogP contribution is -2.42. The highest BCUT2D eigenvalue weighted by Gasteiger charge is 2.30. The molecule has 4 aromatic carbocycles. The van der Waals surface area contributed by atoms with Gasteiger partial charge in [-0.05, 0) is 40.8 Å². The van der Waals surface area contributed by atoms with Crippen LogP contribution < -0.4 is 20.7 Å². The number of carbonyl (C=O) groups is 4. The molecule has 0 radical (unpaired) electrons. The number of ether oxygens (including phenoxy) is 2. The van der Waals surface area contributed by atoms with Crippen molar-refractivity contribution in [1.29, 1.82) is 0 Å². The van der Waals surface area contributed by atoms with Crippen LogP contribution in [0.5, 0.6) is 11.5 Å². The van der Waals surface area contributed by atoms with Crippen molar-refractivity contribution >= 4 is 23.9 Å². The molecule has 2 aliphatic rings. The van der Waals surface area contributed by atoms with Gasteiger partial charge >= 0.3 is 12.1 Å². The van der Waals surface area contributed by atoms with Gasteiger partial charge in [-0.2, -0.15) is 0 Å². The SMILES string of the molecule is O=C(CC[C@H](NC(=O)OCC1c2ccccc2-c2ccccc21)C(=O)O)NCCC(=O)NC1c2ccccc2Oc2ccccc21. The van der Waals surface area contributed by atoms with Crippen LogP contribution in [0.25, 0.3) is 11.1 Å². The fourth-order valence-corrected chi connectivity index (χ4v) is 6.02. The van der Waals surface area contributed by atoms with Crippen LogP contribution in [0.3, 0.4) is 0 Å². The van der Waals surface area contributed by atoms with E-state index in [1.54, 1.807) is 0 Å². The molecule has 1 aliphatic heterocycles. The first kappa shape index (κ1) is 30.4. The van der Waals surface area contributed by atoms with Gasteiger partial charge in [-0.25, -0.2) is 9.59 Å². The Morgan fingerprint density at radius 3 is 1.85 bits per heavy atom. The normalized spacial score (nSPS) is 13.6. The molecule has 1 atom stereocenters. The lowest BCUT2D eigenvalue weighted by atomic mass is 9.94. The molecule has 1 aliphatic carbocycles. The van der Waals surface area contributed by atoms with Crippen LogP contribution in [-0.2, 0) is 19.1 Å². The predicted molar refractivity (Wildman–Crippen MR) is 169 cm³/mol. The quantitative estimate of drug-likeness (QED) is 0.179. The first-order chi connectivity index (χ1) is 22.4. The standard InChI is InChI=1S/C36H33N3O7/c40-32(37-20-19-33(41)39-34-26-13-5-7-15-30(26)46-31-16-8-6-14-27(31)34)18-17-29(35(42)43)38-36(44)45-21-28-24-11-3-1-9-22(24)23-10-2-4-12-25(23)28/h1-16,28-29,34H,17-21H2,(H,37,40)(H,38,44)(H,39,41)(H,42,43)/t29-/m0/s1. The Morgan fingerprint density at radius 2 is 1.26 bits per heavy atom. The van der Waals surface area contributed by atoms with Crippen molar-refractivity contribution < 1.29 is 33.8 Å². The van der Waals surface area contributed by atoms with E-state index >= 15 is 0 Å². The fraction of sp³-hybridized carbons (Fsp3) is 0.222. The smallest absolute Gasteiger partial charge is 0.407 e. The highest BCUT2D eigenvalue weighted by Crippen LogP contribution is 2.45. The van der Waals surface area contributed by atoms with Gasteiger partial charge in [0, 0.05) is 36.4 Å². The molecule has 4 aromatic rings. The zero-order valence-corrected chi connectivity index (χ0v) is 24.9. The van der Waals surface area contributed by atoms with Gasteiger partial charge in [0.15, 0.2) is 0 Å². The van der Waals surface area contributed by atoms with Gasteiger partial charge in [-0.3, -0.25) is 9.59 Å². The number of carboxylic acid groups (broad SMARTS) is 1. The summed E-state index contributed by atoms with van der Waals surface area (Å²) in [5.74, 6) is -0.815. The molecule has 0 spiro atoms. The third kappa shape index (κ3) is 6.56. The first-order valence-corrected chi connectivity index (χ1v) is 15.1. The molecule has 0 bridgehead atoms. The molecule has 1 heterocycles. The summed E-state index contributed by atoms with van der Waals surface area (Å²) in [6.07, 6.45) is -1.16. The van der Waals surface area contributed by atoms with Crippen LogP contribution in [0, 0.1) is 0 Å². The number of hydrogen-bond acceptors (Lipinski definition) is 6. The number of amides is 3. The number of alkyl carbamates (subject to hydrolysis) is 1. The van der Waals surface area contributed by atoms with E-state index in [0.29, 0.717) is 11.5 Å². The molecule has 10 nitrogen and oxygen atoms in total. The highest BCUT2D eigenvalue weighted by molar-refractivity contribution is 5.83. The third-order valence-electron chi connectivity index (χ3n) is 8.25. The maximum Gasteiger partial charge on any atom is 0.407 e. The zero-order chi connectivity index (χ0) is 32.0. The molecule has 46 heavy (non-hydrogen) atoms. The van der Waals surface area contributed by atoms with E-state index in [1.165, 1.54) is 0 Å². The van der Waals surface area contributed by atoms with Crippen molar-refractivity contribution in [3.05, 3.63) is 119 Å². The Hall–Kier alpha value is -5.64. The monoisotopic (exact) mass is 619 g/mol. The van der Waals surface area contributed by atoms with Crippen LogP contribution in [-0.4, -0.2) is 48.2 Å². The van der Waals surface area contributed by atoms with Crippen molar-refractivity contribution in [2.45, 2.75) is 37.3 Å². The minimum absolute atomic E-state index is 0.0216. The summed E-state index contributed by atoms with van der Waals surface area (Å²) >= 11 is 0. The van der Waals surface area contributed by atoms with Gasteiger partial charge in [0.2, 0.25) is 11.8 Å². The number of para-hydroxylation sites is 2. The van der Waals surface area contributed by atoms with Crippen molar-refractivity contribution in [3.63, 3.8) is 0 Å². The highest BCUT2D eigenvalue weighted by atomic mass is 16.5. The lowest BCUT2D eigenvalue weighted by Gasteiger charge is -2.28. The number of hydrogen-bond donors (Lipinski definition) is 4. The maximum atomic E-state index is 12.8. The van der Waals surface area contributed by atoms with Gasteiger partial charge in [-0.15, -0.1) is 0 Å². The van der Waals surface area contributed by atoms with Gasteiger partial charge in [0.1, 0.15) is 24.1 Å². The molecular formula is C36H33N3O7. The number of carboxylic acids is 1. The van der Waals surface area contributed by atoms with E-state index in [0.717, 1.165) is 33.4 Å². The van der Waals surface area contributed by atoms with E-state index in [1.807, 2.05) is 97.1 Å². The van der Waals surface area contributed by atoms with Gasteiger partial charge in [0.25, 0.3) is 0 Å². The Kier molecular flexibility index (Phi) is 8.96. The molecule has 0 saturated carbocycles. The Morgan fingerprint density at radius 1 is 0.717 bits per heavy atom. The zero-order valence-electron chi connectivity index (χ0n) is 24.9. The molecule has 10 heteroatoms. The van der Waals surface area contributed by atoms with E-state index in [2.05, 4.69) is 16.0 Å². The lowest BCUT2D eigenvalue weighted by molar-refractivity contribution is -0.139. The van der Waals surface area contributed by atoms with Gasteiger partial charge in [0.05, 0.1) is 6.04 Å². The second-order valence-electron chi connectivity index (χ2n) is 11.2. The van der Waals surface area contributed by atoms with E-state index in [-0.39, 0.29) is 44.2 Å². The predicted octanol–water partition coefficient (Wildman–Crippen LogP) is 5.28. The molecule has 0 saturated heterocycles. The second kappa shape index (κ2) is 13.6. The summed E-state index contributed by atoms with van der Waals surface area (Å²) in [5.41, 5.74) is 5.92. The summed E-state index contributed by atoms with van der Waals surface area (Å²) < 4.78 is 11.4. The molecule has 0 aromatic heterocycles. The van der Waals surface area contributed by atoms with Crippen molar-refractivity contribution in [2.75, 3.05) is 13.2 Å². The van der Waals surface area contributed by atoms with E-state index in [9.17, 15) is 24.3 Å². The van der Waals surface area contributed by atoms with Crippen molar-refractivity contribution in [1.82, 2.24) is 16.0 Å². The van der Waals surface area contributed by atoms with Crippen molar-refractivity contribution in [2.24, 2.45) is 0 Å². The number of carbonyl (C=O) groups excluding carboxylic acids is 3.